The molecule has 0 aromatic carbocycles. The third-order valence-electron chi connectivity index (χ3n) is 4.16. The van der Waals surface area contributed by atoms with Gasteiger partial charge >= 0.3 is 0 Å². The number of thiophene rings is 1. The summed E-state index contributed by atoms with van der Waals surface area (Å²) in [7, 11) is 0. The van der Waals surface area contributed by atoms with Crippen LogP contribution in [0, 0.1) is 16.7 Å². The molecule has 1 aliphatic heterocycles. The Bertz CT molecular complexity index is 705. The molecule has 0 bridgehead atoms. The Balaban J connectivity index is 2.19. The van der Waals surface area contributed by atoms with E-state index < -0.39 is 5.41 Å². The van der Waals surface area contributed by atoms with Crippen molar-refractivity contribution in [3.8, 4) is 6.07 Å². The van der Waals surface area contributed by atoms with Gasteiger partial charge in [0, 0.05) is 22.3 Å². The fourth-order valence-corrected chi connectivity index (χ4v) is 3.74. The molecule has 4 nitrogen and oxygen atoms in total. The molecule has 1 atom stereocenters. The maximum Gasteiger partial charge on any atom is 0.205 e. The minimum absolute atomic E-state index is 0.0578. The topological polar surface area (TPSA) is 76.1 Å². The molecule has 1 aliphatic carbocycles. The van der Waals surface area contributed by atoms with Crippen LogP contribution in [0.4, 0.5) is 0 Å². The minimum atomic E-state index is -0.426. The van der Waals surface area contributed by atoms with Gasteiger partial charge in [-0.25, -0.2) is 0 Å². The third kappa shape index (κ3) is 2.07. The van der Waals surface area contributed by atoms with E-state index in [0.717, 1.165) is 11.3 Å². The Labute approximate surface area is 127 Å². The van der Waals surface area contributed by atoms with Crippen molar-refractivity contribution in [1.82, 2.24) is 0 Å². The normalized spacial score (nSPS) is 24.4. The van der Waals surface area contributed by atoms with Gasteiger partial charge in [-0.05, 0) is 17.9 Å². The van der Waals surface area contributed by atoms with Gasteiger partial charge < -0.3 is 10.5 Å². The van der Waals surface area contributed by atoms with Gasteiger partial charge in [-0.15, -0.1) is 11.3 Å². The third-order valence-corrected chi connectivity index (χ3v) is 5.10. The number of nitrogens with two attached hydrogens (primary N) is 1. The van der Waals surface area contributed by atoms with E-state index in [1.54, 1.807) is 0 Å². The summed E-state index contributed by atoms with van der Waals surface area (Å²) in [5.41, 5.74) is 6.42. The molecule has 1 aromatic rings. The van der Waals surface area contributed by atoms with Crippen LogP contribution in [0.15, 0.2) is 40.3 Å². The zero-order chi connectivity index (χ0) is 15.2. The van der Waals surface area contributed by atoms with E-state index in [4.69, 9.17) is 10.5 Å². The molecule has 21 heavy (non-hydrogen) atoms. The van der Waals surface area contributed by atoms with Crippen LogP contribution in [-0.2, 0) is 9.53 Å². The first kappa shape index (κ1) is 13.9. The number of hydrogen-bond donors (Lipinski definition) is 1. The van der Waals surface area contributed by atoms with Crippen LogP contribution in [-0.4, -0.2) is 5.78 Å². The van der Waals surface area contributed by atoms with Gasteiger partial charge in [-0.1, -0.05) is 19.9 Å². The first-order chi connectivity index (χ1) is 9.95. The molecule has 0 amide bonds. The second kappa shape index (κ2) is 4.74. The molecule has 0 fully saturated rings. The van der Waals surface area contributed by atoms with E-state index in [-0.39, 0.29) is 17.6 Å². The second-order valence-corrected chi connectivity index (χ2v) is 6.97. The van der Waals surface area contributed by atoms with Gasteiger partial charge in [0.1, 0.15) is 17.4 Å². The standard InChI is InChI=1S/C16H16N2O2S/c1-16(2)6-5-10-13(14(16)19)12(11-4-3-7-21-11)9(8-17)15(18)20-10/h3-4,7,12H,5-6,18H2,1-2H3/t12-/m1/s1. The first-order valence-electron chi connectivity index (χ1n) is 6.84. The fraction of sp³-hybridized carbons (Fsp3) is 0.375. The summed E-state index contributed by atoms with van der Waals surface area (Å²) >= 11 is 1.53. The van der Waals surface area contributed by atoms with Gasteiger partial charge in [-0.3, -0.25) is 4.79 Å². The Morgan fingerprint density at radius 3 is 2.90 bits per heavy atom. The zero-order valence-electron chi connectivity index (χ0n) is 12.0. The number of rotatable bonds is 1. The van der Waals surface area contributed by atoms with Gasteiger partial charge in [0.15, 0.2) is 5.78 Å². The van der Waals surface area contributed by atoms with Crippen LogP contribution in [0.1, 0.15) is 37.5 Å². The smallest absolute Gasteiger partial charge is 0.205 e. The van der Waals surface area contributed by atoms with Crippen LogP contribution in [0.5, 0.6) is 0 Å². The van der Waals surface area contributed by atoms with Crippen LogP contribution < -0.4 is 5.73 Å². The molecule has 5 heteroatoms. The number of ketones is 1. The van der Waals surface area contributed by atoms with Crippen molar-refractivity contribution in [2.45, 2.75) is 32.6 Å². The van der Waals surface area contributed by atoms with Crippen molar-refractivity contribution in [1.29, 1.82) is 5.26 Å². The molecule has 108 valence electrons. The Morgan fingerprint density at radius 2 is 2.29 bits per heavy atom. The molecular weight excluding hydrogens is 284 g/mol. The molecule has 3 rings (SSSR count). The lowest BCUT2D eigenvalue weighted by atomic mass is 9.70. The van der Waals surface area contributed by atoms with Gasteiger partial charge in [0.25, 0.3) is 0 Å². The van der Waals surface area contributed by atoms with E-state index in [0.29, 0.717) is 23.3 Å². The average Bonchev–Trinajstić information content (AvgIpc) is 2.96. The lowest BCUT2D eigenvalue weighted by Crippen LogP contribution is -2.36. The van der Waals surface area contributed by atoms with E-state index in [9.17, 15) is 10.1 Å². The monoisotopic (exact) mass is 300 g/mol. The minimum Gasteiger partial charge on any atom is -0.444 e. The van der Waals surface area contributed by atoms with Crippen molar-refractivity contribution >= 4 is 17.1 Å². The number of nitriles is 1. The molecule has 1 aromatic heterocycles. The van der Waals surface area contributed by atoms with Crippen molar-refractivity contribution in [2.24, 2.45) is 11.1 Å². The van der Waals surface area contributed by atoms with Crippen molar-refractivity contribution in [3.63, 3.8) is 0 Å². The summed E-state index contributed by atoms with van der Waals surface area (Å²) in [5.74, 6) is 0.435. The highest BCUT2D eigenvalue weighted by Gasteiger charge is 2.45. The summed E-state index contributed by atoms with van der Waals surface area (Å²) in [6.45, 7) is 3.89. The Hall–Kier alpha value is -2.06. The SMILES string of the molecule is CC1(C)CCC2=C(C1=O)[C@@H](c1cccs1)C(C#N)=C(N)O2. The number of hydrogen-bond acceptors (Lipinski definition) is 5. The number of allylic oxidation sites excluding steroid dienone is 3. The lowest BCUT2D eigenvalue weighted by Gasteiger charge is -2.36. The van der Waals surface area contributed by atoms with E-state index in [1.165, 1.54) is 11.3 Å². The highest BCUT2D eigenvalue weighted by atomic mass is 32.1. The maximum absolute atomic E-state index is 12.8. The fourth-order valence-electron chi connectivity index (χ4n) is 2.90. The molecule has 2 aliphatic rings. The van der Waals surface area contributed by atoms with E-state index in [1.807, 2.05) is 31.4 Å². The predicted molar refractivity (Wildman–Crippen MR) is 80.0 cm³/mol. The molecule has 0 radical (unpaired) electrons. The Morgan fingerprint density at radius 1 is 1.52 bits per heavy atom. The van der Waals surface area contributed by atoms with E-state index in [2.05, 4.69) is 6.07 Å². The summed E-state index contributed by atoms with van der Waals surface area (Å²) in [4.78, 5) is 13.8. The van der Waals surface area contributed by atoms with Crippen molar-refractivity contribution < 1.29 is 9.53 Å². The molecule has 2 N–H and O–H groups in total. The summed E-state index contributed by atoms with van der Waals surface area (Å²) in [5, 5.41) is 11.4. The molecule has 2 heterocycles. The van der Waals surface area contributed by atoms with Crippen LogP contribution in [0.25, 0.3) is 0 Å². The molecular formula is C16H16N2O2S. The van der Waals surface area contributed by atoms with Gasteiger partial charge in [-0.2, -0.15) is 5.26 Å². The predicted octanol–water partition coefficient (Wildman–Crippen LogP) is 3.20. The summed E-state index contributed by atoms with van der Waals surface area (Å²) in [6, 6.07) is 5.97. The van der Waals surface area contributed by atoms with Gasteiger partial charge in [0.05, 0.1) is 5.92 Å². The summed E-state index contributed by atoms with van der Waals surface area (Å²) < 4.78 is 5.58. The summed E-state index contributed by atoms with van der Waals surface area (Å²) in [6.07, 6.45) is 1.41. The molecule has 0 unspecified atom stereocenters. The maximum atomic E-state index is 12.8. The second-order valence-electron chi connectivity index (χ2n) is 5.99. The number of ether oxygens (including phenoxy) is 1. The first-order valence-corrected chi connectivity index (χ1v) is 7.72. The largest absolute Gasteiger partial charge is 0.444 e. The Kier molecular flexibility index (Phi) is 3.14. The number of Topliss-reactive ketones (excluding diaryl/α,β-unsaturated/α-hetero) is 1. The quantitative estimate of drug-likeness (QED) is 0.864. The van der Waals surface area contributed by atoms with Crippen LogP contribution in [0.3, 0.4) is 0 Å². The highest BCUT2D eigenvalue weighted by Crippen LogP contribution is 2.48. The van der Waals surface area contributed by atoms with E-state index >= 15 is 0 Å². The molecule has 0 saturated heterocycles. The zero-order valence-corrected chi connectivity index (χ0v) is 12.8. The van der Waals surface area contributed by atoms with Crippen LogP contribution >= 0.6 is 11.3 Å². The number of nitrogens with zero attached hydrogens (tertiary/aromatic N) is 1. The lowest BCUT2D eigenvalue weighted by molar-refractivity contribution is -0.125. The number of carbonyl (C=O) groups excluding carboxylic acids is 1. The van der Waals surface area contributed by atoms with Crippen molar-refractivity contribution in [2.75, 3.05) is 0 Å². The average molecular weight is 300 g/mol. The van der Waals surface area contributed by atoms with Crippen LogP contribution in [0.2, 0.25) is 0 Å². The molecule has 0 spiro atoms. The number of carbonyl (C=O) groups is 1. The van der Waals surface area contributed by atoms with Crippen molar-refractivity contribution in [3.05, 3.63) is 45.2 Å². The van der Waals surface area contributed by atoms with Gasteiger partial charge in [0.2, 0.25) is 5.88 Å². The highest BCUT2D eigenvalue weighted by molar-refractivity contribution is 7.10. The molecule has 0 saturated carbocycles.